The molecule has 22 heavy (non-hydrogen) atoms. The van der Waals surface area contributed by atoms with Gasteiger partial charge in [0.25, 0.3) is 5.91 Å². The topological polar surface area (TPSA) is 32.3 Å². The third-order valence-corrected chi connectivity index (χ3v) is 4.82. The van der Waals surface area contributed by atoms with Crippen LogP contribution in [0.5, 0.6) is 0 Å². The van der Waals surface area contributed by atoms with Crippen LogP contribution in [0.15, 0.2) is 48.5 Å². The van der Waals surface area contributed by atoms with Crippen LogP contribution in [0.2, 0.25) is 0 Å². The molecule has 0 aromatic heterocycles. The maximum atomic E-state index is 13.0. The summed E-state index contributed by atoms with van der Waals surface area (Å²) in [6, 6.07) is 16.4. The first-order valence-electron chi connectivity index (χ1n) is 7.99. The number of carbonyl (C=O) groups is 1. The molecule has 0 saturated carbocycles. The molecule has 4 rings (SSSR count). The lowest BCUT2D eigenvalue weighted by molar-refractivity contribution is 0.0525. The van der Waals surface area contributed by atoms with E-state index in [4.69, 9.17) is 0 Å². The number of benzene rings is 2. The van der Waals surface area contributed by atoms with Gasteiger partial charge in [0.1, 0.15) is 5.66 Å². The molecule has 2 aromatic carbocycles. The number of carbonyl (C=O) groups excluding carboxylic acids is 1. The van der Waals surface area contributed by atoms with E-state index < -0.39 is 0 Å². The van der Waals surface area contributed by atoms with Crippen LogP contribution < -0.4 is 5.32 Å². The SMILES string of the molecule is CCCN1C(=O)c2ccccc2NC12Cc1ccccc1C2. The van der Waals surface area contributed by atoms with Crippen molar-refractivity contribution in [2.24, 2.45) is 0 Å². The number of nitrogens with zero attached hydrogens (tertiary/aromatic N) is 1. The highest BCUT2D eigenvalue weighted by molar-refractivity contribution is 6.02. The van der Waals surface area contributed by atoms with E-state index in [1.165, 1.54) is 11.1 Å². The molecular weight excluding hydrogens is 272 g/mol. The molecule has 2 aliphatic rings. The molecule has 0 unspecified atom stereocenters. The molecule has 1 heterocycles. The molecule has 0 radical (unpaired) electrons. The zero-order chi connectivity index (χ0) is 15.2. The van der Waals surface area contributed by atoms with Gasteiger partial charge in [0, 0.05) is 25.1 Å². The van der Waals surface area contributed by atoms with Crippen molar-refractivity contribution in [3.8, 4) is 0 Å². The van der Waals surface area contributed by atoms with Gasteiger partial charge in [-0.05, 0) is 29.7 Å². The van der Waals surface area contributed by atoms with Gasteiger partial charge in [-0.2, -0.15) is 0 Å². The molecule has 1 aliphatic heterocycles. The summed E-state index contributed by atoms with van der Waals surface area (Å²) in [5.74, 6) is 0.156. The van der Waals surface area contributed by atoms with Crippen LogP contribution in [0.1, 0.15) is 34.8 Å². The molecule has 3 nitrogen and oxygen atoms in total. The van der Waals surface area contributed by atoms with Crippen molar-refractivity contribution in [2.75, 3.05) is 11.9 Å². The summed E-state index contributed by atoms with van der Waals surface area (Å²) in [4.78, 5) is 15.1. The van der Waals surface area contributed by atoms with Gasteiger partial charge < -0.3 is 10.2 Å². The predicted octanol–water partition coefficient (Wildman–Crippen LogP) is 3.46. The van der Waals surface area contributed by atoms with E-state index in [0.29, 0.717) is 0 Å². The lowest BCUT2D eigenvalue weighted by Crippen LogP contribution is -2.61. The van der Waals surface area contributed by atoms with Crippen molar-refractivity contribution in [1.82, 2.24) is 4.90 Å². The van der Waals surface area contributed by atoms with Crippen molar-refractivity contribution in [3.63, 3.8) is 0 Å². The highest BCUT2D eigenvalue weighted by atomic mass is 16.2. The Morgan fingerprint density at radius 3 is 2.36 bits per heavy atom. The van der Waals surface area contributed by atoms with Crippen LogP contribution >= 0.6 is 0 Å². The van der Waals surface area contributed by atoms with E-state index in [1.807, 2.05) is 24.3 Å². The number of hydrogen-bond acceptors (Lipinski definition) is 2. The van der Waals surface area contributed by atoms with Crippen LogP contribution in [0, 0.1) is 0 Å². The standard InChI is InChI=1S/C19H20N2O/c1-2-11-21-18(22)16-9-5-6-10-17(16)20-19(21)12-14-7-3-4-8-15(14)13-19/h3-10,20H,2,11-13H2,1H3. The third kappa shape index (κ3) is 1.85. The van der Waals surface area contributed by atoms with Gasteiger partial charge in [0.2, 0.25) is 0 Å². The number of anilines is 1. The molecule has 0 bridgehead atoms. The van der Waals surface area contributed by atoms with Crippen molar-refractivity contribution in [3.05, 3.63) is 65.2 Å². The van der Waals surface area contributed by atoms with E-state index >= 15 is 0 Å². The quantitative estimate of drug-likeness (QED) is 0.919. The number of rotatable bonds is 2. The smallest absolute Gasteiger partial charge is 0.257 e. The Labute approximate surface area is 131 Å². The lowest BCUT2D eigenvalue weighted by atomic mass is 9.96. The first-order chi connectivity index (χ1) is 10.7. The monoisotopic (exact) mass is 292 g/mol. The van der Waals surface area contributed by atoms with Crippen molar-refractivity contribution < 1.29 is 4.79 Å². The first kappa shape index (κ1) is 13.4. The fourth-order valence-electron chi connectivity index (χ4n) is 3.85. The number of nitrogens with one attached hydrogen (secondary N) is 1. The lowest BCUT2D eigenvalue weighted by Gasteiger charge is -2.46. The summed E-state index contributed by atoms with van der Waals surface area (Å²) in [7, 11) is 0. The zero-order valence-corrected chi connectivity index (χ0v) is 12.8. The van der Waals surface area contributed by atoms with E-state index in [1.54, 1.807) is 0 Å². The molecule has 1 aliphatic carbocycles. The molecule has 1 amide bonds. The number of hydrogen-bond donors (Lipinski definition) is 1. The largest absolute Gasteiger partial charge is 0.361 e. The minimum absolute atomic E-state index is 0.156. The van der Waals surface area contributed by atoms with Gasteiger partial charge in [0.05, 0.1) is 5.56 Å². The minimum atomic E-state index is -0.300. The van der Waals surface area contributed by atoms with Crippen molar-refractivity contribution in [2.45, 2.75) is 31.8 Å². The zero-order valence-electron chi connectivity index (χ0n) is 12.8. The summed E-state index contributed by atoms with van der Waals surface area (Å²) in [6.07, 6.45) is 2.72. The average molecular weight is 292 g/mol. The number of amides is 1. The third-order valence-electron chi connectivity index (χ3n) is 4.82. The summed E-state index contributed by atoms with van der Waals surface area (Å²) in [6.45, 7) is 2.91. The van der Waals surface area contributed by atoms with E-state index in [2.05, 4.69) is 41.4 Å². The van der Waals surface area contributed by atoms with Crippen LogP contribution in [0.25, 0.3) is 0 Å². The Bertz CT molecular complexity index is 713. The molecule has 0 atom stereocenters. The van der Waals surface area contributed by atoms with Gasteiger partial charge in [-0.1, -0.05) is 43.3 Å². The first-order valence-corrected chi connectivity index (χ1v) is 7.99. The highest BCUT2D eigenvalue weighted by Crippen LogP contribution is 2.40. The van der Waals surface area contributed by atoms with Gasteiger partial charge in [-0.25, -0.2) is 0 Å². The molecule has 112 valence electrons. The van der Waals surface area contributed by atoms with E-state index in [9.17, 15) is 4.79 Å². The fourth-order valence-corrected chi connectivity index (χ4v) is 3.85. The Hall–Kier alpha value is -2.29. The fraction of sp³-hybridized carbons (Fsp3) is 0.316. The number of fused-ring (bicyclic) bond motifs is 2. The maximum Gasteiger partial charge on any atom is 0.257 e. The molecule has 1 N–H and O–H groups in total. The average Bonchev–Trinajstić information content (AvgIpc) is 2.90. The van der Waals surface area contributed by atoms with E-state index in [0.717, 1.165) is 37.1 Å². The van der Waals surface area contributed by atoms with Gasteiger partial charge >= 0.3 is 0 Å². The summed E-state index contributed by atoms with van der Waals surface area (Å²) in [5.41, 5.74) is 4.15. The minimum Gasteiger partial charge on any atom is -0.361 e. The van der Waals surface area contributed by atoms with Gasteiger partial charge in [0.15, 0.2) is 0 Å². The Morgan fingerprint density at radius 1 is 1.05 bits per heavy atom. The predicted molar refractivity (Wildman–Crippen MR) is 88.0 cm³/mol. The summed E-state index contributed by atoms with van der Waals surface area (Å²) in [5, 5.41) is 3.69. The molecular formula is C19H20N2O. The normalized spacial score (nSPS) is 18.0. The summed E-state index contributed by atoms with van der Waals surface area (Å²) >= 11 is 0. The molecule has 1 spiro atoms. The highest BCUT2D eigenvalue weighted by Gasteiger charge is 2.47. The number of para-hydroxylation sites is 1. The van der Waals surface area contributed by atoms with Crippen molar-refractivity contribution in [1.29, 1.82) is 0 Å². The Kier molecular flexibility index (Phi) is 2.96. The van der Waals surface area contributed by atoms with Crippen LogP contribution in [-0.4, -0.2) is 23.0 Å². The molecule has 3 heteroatoms. The second-order valence-electron chi connectivity index (χ2n) is 6.28. The second-order valence-corrected chi connectivity index (χ2v) is 6.28. The Balaban J connectivity index is 1.81. The van der Waals surface area contributed by atoms with E-state index in [-0.39, 0.29) is 11.6 Å². The maximum absolute atomic E-state index is 13.0. The molecule has 2 aromatic rings. The molecule has 0 saturated heterocycles. The Morgan fingerprint density at radius 2 is 1.68 bits per heavy atom. The summed E-state index contributed by atoms with van der Waals surface area (Å²) < 4.78 is 0. The second kappa shape index (κ2) is 4.87. The van der Waals surface area contributed by atoms with Gasteiger partial charge in [-0.15, -0.1) is 0 Å². The van der Waals surface area contributed by atoms with Crippen LogP contribution in [0.4, 0.5) is 5.69 Å². The van der Waals surface area contributed by atoms with Crippen LogP contribution in [0.3, 0.4) is 0 Å². The van der Waals surface area contributed by atoms with Crippen molar-refractivity contribution >= 4 is 11.6 Å². The van der Waals surface area contributed by atoms with Crippen LogP contribution in [-0.2, 0) is 12.8 Å². The van der Waals surface area contributed by atoms with Gasteiger partial charge in [-0.3, -0.25) is 4.79 Å². The molecule has 0 fully saturated rings.